The second-order valence-electron chi connectivity index (χ2n) is 4.14. The summed E-state index contributed by atoms with van der Waals surface area (Å²) in [4.78, 5) is 0. The Morgan fingerprint density at radius 3 is 2.11 bits per heavy atom. The van der Waals surface area contributed by atoms with Crippen LogP contribution in [-0.4, -0.2) is 12.8 Å². The van der Waals surface area contributed by atoms with E-state index in [1.54, 1.807) is 12.1 Å². The quantitative estimate of drug-likeness (QED) is 0.647. The number of nitrogens with zero attached hydrogens (tertiary/aromatic N) is 1. The molecule has 0 amide bonds. The maximum Gasteiger partial charge on any atom is 0.123 e. The summed E-state index contributed by atoms with van der Waals surface area (Å²) in [6.45, 7) is 1.88. The van der Waals surface area contributed by atoms with Gasteiger partial charge in [0.15, 0.2) is 0 Å². The van der Waals surface area contributed by atoms with E-state index in [1.165, 1.54) is 12.1 Å². The molecule has 2 aromatic rings. The van der Waals surface area contributed by atoms with Gasteiger partial charge in [0.1, 0.15) is 5.82 Å². The summed E-state index contributed by atoms with van der Waals surface area (Å²) in [5, 5.41) is 7.32. The van der Waals surface area contributed by atoms with Gasteiger partial charge in [-0.1, -0.05) is 12.1 Å². The summed E-state index contributed by atoms with van der Waals surface area (Å²) in [6, 6.07) is 14.1. The van der Waals surface area contributed by atoms with Crippen molar-refractivity contribution in [2.75, 3.05) is 17.8 Å². The van der Waals surface area contributed by atoms with E-state index in [0.717, 1.165) is 22.6 Å². The number of hydrogen-bond donors (Lipinski definition) is 2. The van der Waals surface area contributed by atoms with Crippen molar-refractivity contribution in [3.63, 3.8) is 0 Å². The average Bonchev–Trinajstić information content (AvgIpc) is 2.46. The van der Waals surface area contributed by atoms with E-state index in [0.29, 0.717) is 0 Å². The highest BCUT2D eigenvalue weighted by molar-refractivity contribution is 5.99. The Morgan fingerprint density at radius 1 is 0.947 bits per heavy atom. The fourth-order valence-electron chi connectivity index (χ4n) is 1.62. The van der Waals surface area contributed by atoms with Crippen molar-refractivity contribution >= 4 is 17.1 Å². The van der Waals surface area contributed by atoms with Gasteiger partial charge >= 0.3 is 0 Å². The van der Waals surface area contributed by atoms with Crippen molar-refractivity contribution in [3.8, 4) is 0 Å². The number of rotatable bonds is 4. The molecule has 0 radical (unpaired) electrons. The van der Waals surface area contributed by atoms with Gasteiger partial charge in [-0.25, -0.2) is 4.39 Å². The average molecular weight is 257 g/mol. The maximum atomic E-state index is 12.8. The summed E-state index contributed by atoms with van der Waals surface area (Å²) in [6.07, 6.45) is 0. The fourth-order valence-corrected chi connectivity index (χ4v) is 1.62. The van der Waals surface area contributed by atoms with Gasteiger partial charge in [-0.2, -0.15) is 5.10 Å². The topological polar surface area (TPSA) is 36.4 Å². The largest absolute Gasteiger partial charge is 0.388 e. The first-order chi connectivity index (χ1) is 9.19. The minimum atomic E-state index is -0.243. The highest BCUT2D eigenvalue weighted by atomic mass is 19.1. The Bertz CT molecular complexity index is 559. The highest BCUT2D eigenvalue weighted by Crippen LogP contribution is 2.13. The van der Waals surface area contributed by atoms with Gasteiger partial charge in [0.25, 0.3) is 0 Å². The Morgan fingerprint density at radius 2 is 1.53 bits per heavy atom. The maximum absolute atomic E-state index is 12.8. The lowest BCUT2D eigenvalue weighted by molar-refractivity contribution is 0.628. The summed E-state index contributed by atoms with van der Waals surface area (Å²) < 4.78 is 12.8. The first kappa shape index (κ1) is 13.1. The predicted octanol–water partition coefficient (Wildman–Crippen LogP) is 3.70. The Hall–Kier alpha value is -2.36. The van der Waals surface area contributed by atoms with Gasteiger partial charge in [-0.15, -0.1) is 0 Å². The van der Waals surface area contributed by atoms with E-state index >= 15 is 0 Å². The van der Waals surface area contributed by atoms with Crippen LogP contribution in [0.1, 0.15) is 12.5 Å². The first-order valence-electron chi connectivity index (χ1n) is 6.03. The van der Waals surface area contributed by atoms with E-state index in [-0.39, 0.29) is 5.82 Å². The molecule has 3 nitrogen and oxygen atoms in total. The molecule has 98 valence electrons. The van der Waals surface area contributed by atoms with Gasteiger partial charge in [-0.05, 0) is 48.9 Å². The summed E-state index contributed by atoms with van der Waals surface area (Å²) in [5.74, 6) is -0.243. The van der Waals surface area contributed by atoms with Crippen LogP contribution in [0.5, 0.6) is 0 Å². The minimum absolute atomic E-state index is 0.243. The molecule has 19 heavy (non-hydrogen) atoms. The van der Waals surface area contributed by atoms with Crippen LogP contribution in [0.15, 0.2) is 53.6 Å². The van der Waals surface area contributed by atoms with Gasteiger partial charge in [0.05, 0.1) is 11.4 Å². The van der Waals surface area contributed by atoms with Gasteiger partial charge in [0, 0.05) is 12.7 Å². The number of hydrazone groups is 1. The number of anilines is 2. The van der Waals surface area contributed by atoms with Gasteiger partial charge in [-0.3, -0.25) is 5.43 Å². The van der Waals surface area contributed by atoms with Crippen LogP contribution in [0, 0.1) is 5.82 Å². The molecule has 0 unspecified atom stereocenters. The van der Waals surface area contributed by atoms with Crippen molar-refractivity contribution in [1.29, 1.82) is 0 Å². The summed E-state index contributed by atoms with van der Waals surface area (Å²) in [5.41, 5.74) is 6.62. The van der Waals surface area contributed by atoms with Crippen molar-refractivity contribution in [3.05, 3.63) is 59.9 Å². The molecule has 2 aromatic carbocycles. The zero-order chi connectivity index (χ0) is 13.7. The highest BCUT2D eigenvalue weighted by Gasteiger charge is 1.98. The monoisotopic (exact) mass is 257 g/mol. The number of benzene rings is 2. The van der Waals surface area contributed by atoms with E-state index < -0.39 is 0 Å². The third-order valence-electron chi connectivity index (χ3n) is 2.79. The number of nitrogens with one attached hydrogen (secondary N) is 2. The molecule has 4 heteroatoms. The molecule has 0 aliphatic carbocycles. The SMILES string of the molecule is CNc1ccc(N/N=C(\C)c2ccc(F)cc2)cc1. The second kappa shape index (κ2) is 6.00. The second-order valence-corrected chi connectivity index (χ2v) is 4.14. The molecule has 0 spiro atoms. The van der Waals surface area contributed by atoms with Crippen LogP contribution in [0.4, 0.5) is 15.8 Å². The van der Waals surface area contributed by atoms with E-state index in [4.69, 9.17) is 0 Å². The van der Waals surface area contributed by atoms with E-state index in [9.17, 15) is 4.39 Å². The zero-order valence-electron chi connectivity index (χ0n) is 10.9. The third kappa shape index (κ3) is 3.55. The number of halogens is 1. The molecular weight excluding hydrogens is 241 g/mol. The molecule has 0 aromatic heterocycles. The Kier molecular flexibility index (Phi) is 4.13. The lowest BCUT2D eigenvalue weighted by atomic mass is 10.1. The summed E-state index contributed by atoms with van der Waals surface area (Å²) in [7, 11) is 1.87. The van der Waals surface area contributed by atoms with Crippen LogP contribution in [-0.2, 0) is 0 Å². The number of hydrogen-bond acceptors (Lipinski definition) is 3. The molecule has 2 rings (SSSR count). The van der Waals surface area contributed by atoms with Crippen LogP contribution >= 0.6 is 0 Å². The van der Waals surface area contributed by atoms with Crippen LogP contribution in [0.3, 0.4) is 0 Å². The van der Waals surface area contributed by atoms with Crippen molar-refractivity contribution < 1.29 is 4.39 Å². The van der Waals surface area contributed by atoms with Crippen molar-refractivity contribution in [1.82, 2.24) is 0 Å². The molecule has 0 saturated carbocycles. The zero-order valence-corrected chi connectivity index (χ0v) is 10.9. The predicted molar refractivity (Wildman–Crippen MR) is 78.2 cm³/mol. The molecule has 0 bridgehead atoms. The van der Waals surface area contributed by atoms with Crippen LogP contribution < -0.4 is 10.7 Å². The molecule has 0 atom stereocenters. The Labute approximate surface area is 112 Å². The molecule has 0 saturated heterocycles. The smallest absolute Gasteiger partial charge is 0.123 e. The first-order valence-corrected chi connectivity index (χ1v) is 6.03. The van der Waals surface area contributed by atoms with E-state index in [2.05, 4.69) is 15.8 Å². The van der Waals surface area contributed by atoms with Crippen LogP contribution in [0.2, 0.25) is 0 Å². The third-order valence-corrected chi connectivity index (χ3v) is 2.79. The lowest BCUT2D eigenvalue weighted by Crippen LogP contribution is -1.99. The summed E-state index contributed by atoms with van der Waals surface area (Å²) >= 11 is 0. The van der Waals surface area contributed by atoms with Crippen molar-refractivity contribution in [2.24, 2.45) is 5.10 Å². The van der Waals surface area contributed by atoms with Gasteiger partial charge < -0.3 is 5.32 Å². The molecule has 0 aliphatic rings. The van der Waals surface area contributed by atoms with E-state index in [1.807, 2.05) is 38.2 Å². The Balaban J connectivity index is 2.06. The minimum Gasteiger partial charge on any atom is -0.388 e. The molecule has 0 heterocycles. The van der Waals surface area contributed by atoms with Gasteiger partial charge in [0.2, 0.25) is 0 Å². The standard InChI is InChI=1S/C15H16FN3/c1-11(12-3-5-13(16)6-4-12)18-19-15-9-7-14(17-2)8-10-15/h3-10,17,19H,1-2H3/b18-11+. The van der Waals surface area contributed by atoms with Crippen LogP contribution in [0.25, 0.3) is 0 Å². The molecule has 2 N–H and O–H groups in total. The fraction of sp³-hybridized carbons (Fsp3) is 0.133. The van der Waals surface area contributed by atoms with Crippen molar-refractivity contribution in [2.45, 2.75) is 6.92 Å². The molecular formula is C15H16FN3. The molecule has 0 aliphatic heterocycles. The molecule has 0 fully saturated rings. The lowest BCUT2D eigenvalue weighted by Gasteiger charge is -2.05. The normalized spacial score (nSPS) is 11.2.